The number of carbonyl (C=O) groups excluding carboxylic acids is 4. The number of hydrogen-bond acceptors (Lipinski definition) is 5. The van der Waals surface area contributed by atoms with Crippen molar-refractivity contribution >= 4 is 29.3 Å². The smallest absolute Gasteiger partial charge is 0.354 e. The van der Waals surface area contributed by atoms with Crippen LogP contribution in [0, 0.1) is 5.82 Å². The first kappa shape index (κ1) is 19.8. The second kappa shape index (κ2) is 7.37. The highest BCUT2D eigenvalue weighted by atomic mass is 19.1. The van der Waals surface area contributed by atoms with E-state index in [-0.39, 0.29) is 30.9 Å². The lowest BCUT2D eigenvalue weighted by Gasteiger charge is -2.47. The van der Waals surface area contributed by atoms with Crippen molar-refractivity contribution in [2.75, 3.05) is 18.1 Å². The number of para-hydroxylation sites is 1. The van der Waals surface area contributed by atoms with Gasteiger partial charge in [0.15, 0.2) is 6.61 Å². The maximum atomic E-state index is 13.9. The Bertz CT molecular complexity index is 1070. The number of amides is 2. The first-order valence-electron chi connectivity index (χ1n) is 9.61. The van der Waals surface area contributed by atoms with Gasteiger partial charge < -0.3 is 9.64 Å². The average Bonchev–Trinajstić information content (AvgIpc) is 3.11. The molecule has 2 heterocycles. The molecule has 0 radical (unpaired) electrons. The van der Waals surface area contributed by atoms with Gasteiger partial charge in [0.25, 0.3) is 5.91 Å². The number of likely N-dealkylation sites (N-methyl/N-ethyl adjacent to an activating group) is 1. The summed E-state index contributed by atoms with van der Waals surface area (Å²) >= 11 is 0. The molecule has 8 heteroatoms. The number of anilines is 1. The number of fused-ring (bicyclic) bond motifs is 3. The van der Waals surface area contributed by atoms with Crippen LogP contribution in [0.2, 0.25) is 0 Å². The Balaban J connectivity index is 1.68. The highest BCUT2D eigenvalue weighted by Crippen LogP contribution is 2.44. The number of Topliss-reactive ketones (excluding diaryl/α,β-unsaturated/α-hetero) is 1. The van der Waals surface area contributed by atoms with Gasteiger partial charge in [-0.25, -0.2) is 9.18 Å². The Morgan fingerprint density at radius 3 is 2.53 bits per heavy atom. The van der Waals surface area contributed by atoms with Gasteiger partial charge in [0, 0.05) is 19.4 Å². The average molecular weight is 410 g/mol. The summed E-state index contributed by atoms with van der Waals surface area (Å²) in [6.45, 7) is 1.16. The van der Waals surface area contributed by atoms with Crippen LogP contribution in [0.5, 0.6) is 0 Å². The minimum absolute atomic E-state index is 0.0481. The number of esters is 1. The standard InChI is InChI=1S/C22H19FN2O5/c1-2-24-20(28)15-8-4-6-10-17(15)25-19(27)11-12-22(24,25)21(29)30-13-18(26)14-7-3-5-9-16(14)23/h3-10H,2,11-13H2,1H3/t22-/m0/s1. The zero-order valence-electron chi connectivity index (χ0n) is 16.3. The number of halogens is 1. The second-order valence-corrected chi connectivity index (χ2v) is 7.09. The van der Waals surface area contributed by atoms with Crippen LogP contribution in [-0.4, -0.2) is 47.3 Å². The fourth-order valence-electron chi connectivity index (χ4n) is 4.18. The summed E-state index contributed by atoms with van der Waals surface area (Å²) in [6.07, 6.45) is 0.0982. The van der Waals surface area contributed by atoms with Gasteiger partial charge in [-0.1, -0.05) is 24.3 Å². The van der Waals surface area contributed by atoms with Gasteiger partial charge in [-0.05, 0) is 31.2 Å². The molecule has 0 aromatic heterocycles. The molecule has 2 amide bonds. The lowest BCUT2D eigenvalue weighted by Crippen LogP contribution is -2.68. The number of ketones is 1. The Labute approximate surface area is 172 Å². The van der Waals surface area contributed by atoms with Gasteiger partial charge in [0.05, 0.1) is 16.8 Å². The third kappa shape index (κ3) is 2.79. The van der Waals surface area contributed by atoms with Crippen LogP contribution >= 0.6 is 0 Å². The third-order valence-corrected chi connectivity index (χ3v) is 5.53. The van der Waals surface area contributed by atoms with Gasteiger partial charge >= 0.3 is 5.97 Å². The molecule has 0 spiro atoms. The summed E-state index contributed by atoms with van der Waals surface area (Å²) in [4.78, 5) is 54.0. The maximum absolute atomic E-state index is 13.9. The lowest BCUT2D eigenvalue weighted by molar-refractivity contribution is -0.156. The third-order valence-electron chi connectivity index (χ3n) is 5.53. The van der Waals surface area contributed by atoms with E-state index >= 15 is 0 Å². The molecule has 2 aromatic carbocycles. The van der Waals surface area contributed by atoms with Crippen LogP contribution in [0.15, 0.2) is 48.5 Å². The molecule has 0 unspecified atom stereocenters. The van der Waals surface area contributed by atoms with Crippen LogP contribution in [0.3, 0.4) is 0 Å². The van der Waals surface area contributed by atoms with Gasteiger partial charge in [0.2, 0.25) is 17.4 Å². The van der Waals surface area contributed by atoms with E-state index in [2.05, 4.69) is 0 Å². The summed E-state index contributed by atoms with van der Waals surface area (Å²) in [7, 11) is 0. The van der Waals surface area contributed by atoms with Crippen molar-refractivity contribution in [2.24, 2.45) is 0 Å². The molecule has 0 N–H and O–H groups in total. The summed E-state index contributed by atoms with van der Waals surface area (Å²) < 4.78 is 19.1. The molecule has 1 fully saturated rings. The predicted molar refractivity (Wildman–Crippen MR) is 104 cm³/mol. The first-order valence-corrected chi connectivity index (χ1v) is 9.61. The molecule has 2 aliphatic rings. The van der Waals surface area contributed by atoms with Gasteiger partial charge in [-0.15, -0.1) is 0 Å². The monoisotopic (exact) mass is 410 g/mol. The number of rotatable bonds is 5. The van der Waals surface area contributed by atoms with E-state index in [0.29, 0.717) is 11.3 Å². The molecule has 1 atom stereocenters. The van der Waals surface area contributed by atoms with Crippen molar-refractivity contribution in [3.8, 4) is 0 Å². The van der Waals surface area contributed by atoms with Crippen LogP contribution < -0.4 is 4.90 Å². The molecule has 0 saturated carbocycles. The molecule has 4 rings (SSSR count). The molecular weight excluding hydrogens is 391 g/mol. The molecule has 2 aliphatic heterocycles. The quantitative estimate of drug-likeness (QED) is 0.559. The van der Waals surface area contributed by atoms with Crippen molar-refractivity contribution in [1.82, 2.24) is 4.90 Å². The van der Waals surface area contributed by atoms with E-state index in [1.54, 1.807) is 31.2 Å². The van der Waals surface area contributed by atoms with Crippen LogP contribution in [0.25, 0.3) is 0 Å². The number of carbonyl (C=O) groups is 4. The molecular formula is C22H19FN2O5. The largest absolute Gasteiger partial charge is 0.454 e. The summed E-state index contributed by atoms with van der Waals surface area (Å²) in [6, 6.07) is 12.0. The van der Waals surface area contributed by atoms with Crippen molar-refractivity contribution in [1.29, 1.82) is 0 Å². The van der Waals surface area contributed by atoms with Crippen molar-refractivity contribution in [2.45, 2.75) is 25.4 Å². The minimum atomic E-state index is -1.66. The van der Waals surface area contributed by atoms with Gasteiger partial charge in [0.1, 0.15) is 5.82 Å². The van der Waals surface area contributed by atoms with Gasteiger partial charge in [-0.3, -0.25) is 19.3 Å². The fourth-order valence-corrected chi connectivity index (χ4v) is 4.18. The Hall–Kier alpha value is -3.55. The van der Waals surface area contributed by atoms with E-state index in [0.717, 1.165) is 6.07 Å². The Morgan fingerprint density at radius 2 is 1.80 bits per heavy atom. The second-order valence-electron chi connectivity index (χ2n) is 7.09. The van der Waals surface area contributed by atoms with E-state index in [9.17, 15) is 23.6 Å². The molecule has 2 aromatic rings. The predicted octanol–water partition coefficient (Wildman–Crippen LogP) is 2.55. The van der Waals surface area contributed by atoms with Gasteiger partial charge in [-0.2, -0.15) is 0 Å². The van der Waals surface area contributed by atoms with Crippen molar-refractivity contribution < 1.29 is 28.3 Å². The summed E-state index contributed by atoms with van der Waals surface area (Å²) in [5.74, 6) is -3.02. The van der Waals surface area contributed by atoms with Crippen molar-refractivity contribution in [3.63, 3.8) is 0 Å². The first-order chi connectivity index (χ1) is 14.4. The zero-order valence-corrected chi connectivity index (χ0v) is 16.3. The lowest BCUT2D eigenvalue weighted by atomic mass is 9.96. The topological polar surface area (TPSA) is 84.0 Å². The summed E-state index contributed by atoms with van der Waals surface area (Å²) in [5.41, 5.74) is -1.20. The van der Waals surface area contributed by atoms with Crippen LogP contribution in [0.4, 0.5) is 10.1 Å². The number of nitrogens with zero attached hydrogens (tertiary/aromatic N) is 2. The normalized spacial score (nSPS) is 20.1. The van der Waals surface area contributed by atoms with Crippen molar-refractivity contribution in [3.05, 3.63) is 65.5 Å². The molecule has 0 aliphatic carbocycles. The molecule has 7 nitrogen and oxygen atoms in total. The van der Waals surface area contributed by atoms with E-state index in [1.807, 2.05) is 0 Å². The Morgan fingerprint density at radius 1 is 1.10 bits per heavy atom. The molecule has 0 bridgehead atoms. The SMILES string of the molecule is CCN1C(=O)c2ccccc2N2C(=O)CC[C@]12C(=O)OCC(=O)c1ccccc1F. The molecule has 1 saturated heterocycles. The Kier molecular flexibility index (Phi) is 4.85. The zero-order chi connectivity index (χ0) is 21.5. The number of hydrogen-bond donors (Lipinski definition) is 0. The highest BCUT2D eigenvalue weighted by Gasteiger charge is 2.61. The van der Waals surface area contributed by atoms with Crippen LogP contribution in [0.1, 0.15) is 40.5 Å². The van der Waals surface area contributed by atoms with E-state index in [1.165, 1.54) is 28.0 Å². The van der Waals surface area contributed by atoms with E-state index in [4.69, 9.17) is 4.74 Å². The van der Waals surface area contributed by atoms with E-state index < -0.39 is 35.7 Å². The molecule has 30 heavy (non-hydrogen) atoms. The molecule has 154 valence electrons. The van der Waals surface area contributed by atoms with Crippen LogP contribution in [-0.2, 0) is 14.3 Å². The number of ether oxygens (including phenoxy) is 1. The highest BCUT2D eigenvalue weighted by molar-refractivity contribution is 6.15. The minimum Gasteiger partial charge on any atom is -0.454 e. The number of benzene rings is 2. The maximum Gasteiger partial charge on any atom is 0.354 e. The fraction of sp³-hybridized carbons (Fsp3) is 0.273. The summed E-state index contributed by atoms with van der Waals surface area (Å²) in [5, 5.41) is 0.